The van der Waals surface area contributed by atoms with Gasteiger partial charge in [0.1, 0.15) is 6.17 Å². The lowest BCUT2D eigenvalue weighted by atomic mass is 10.0. The molecule has 0 saturated carbocycles. The van der Waals surface area contributed by atoms with Gasteiger partial charge in [-0.15, -0.1) is 0 Å². The summed E-state index contributed by atoms with van der Waals surface area (Å²) >= 11 is 0. The van der Waals surface area contributed by atoms with Crippen molar-refractivity contribution in [3.8, 4) is 0 Å². The lowest BCUT2D eigenvalue weighted by Gasteiger charge is -2.33. The molecule has 1 aromatic carbocycles. The fourth-order valence-electron chi connectivity index (χ4n) is 3.97. The van der Waals surface area contributed by atoms with Crippen LogP contribution in [-0.4, -0.2) is 47.0 Å². The minimum atomic E-state index is -0.950. The highest BCUT2D eigenvalue weighted by molar-refractivity contribution is 5.86. The molecule has 0 bridgehead atoms. The van der Waals surface area contributed by atoms with Crippen LogP contribution in [0.1, 0.15) is 73.8 Å². The van der Waals surface area contributed by atoms with Crippen molar-refractivity contribution < 1.29 is 4.39 Å². The van der Waals surface area contributed by atoms with Gasteiger partial charge < -0.3 is 0 Å². The van der Waals surface area contributed by atoms with Crippen molar-refractivity contribution in [2.45, 2.75) is 93.0 Å². The van der Waals surface area contributed by atoms with Crippen LogP contribution in [0, 0.1) is 5.92 Å². The SMILES string of the molecule is CC/C=C(\C=C/C(C)F)C(C)N(/N=C(\CC)C(C)CN(CC)Cc1ccccc1)C(C)C. The van der Waals surface area contributed by atoms with Crippen LogP contribution in [0.3, 0.4) is 0 Å². The van der Waals surface area contributed by atoms with Crippen molar-refractivity contribution in [2.75, 3.05) is 13.1 Å². The Hall–Kier alpha value is -1.94. The maximum atomic E-state index is 13.4. The van der Waals surface area contributed by atoms with Crippen LogP contribution in [0.4, 0.5) is 4.39 Å². The molecular formula is C28H46FN3. The van der Waals surface area contributed by atoms with Crippen molar-refractivity contribution in [1.29, 1.82) is 0 Å². The van der Waals surface area contributed by atoms with E-state index in [0.717, 1.165) is 38.0 Å². The Balaban J connectivity index is 3.05. The molecule has 3 nitrogen and oxygen atoms in total. The van der Waals surface area contributed by atoms with E-state index in [9.17, 15) is 4.39 Å². The normalized spacial score (nSPS) is 16.1. The number of benzene rings is 1. The predicted octanol–water partition coefficient (Wildman–Crippen LogP) is 7.26. The molecule has 3 atom stereocenters. The van der Waals surface area contributed by atoms with Crippen LogP contribution in [0.5, 0.6) is 0 Å². The zero-order chi connectivity index (χ0) is 24.1. The third kappa shape index (κ3) is 9.68. The second-order valence-corrected chi connectivity index (χ2v) is 8.96. The van der Waals surface area contributed by atoms with Gasteiger partial charge in [0.25, 0.3) is 0 Å². The average molecular weight is 444 g/mol. The maximum Gasteiger partial charge on any atom is 0.116 e. The molecule has 0 aliphatic rings. The molecule has 180 valence electrons. The van der Waals surface area contributed by atoms with Crippen molar-refractivity contribution in [2.24, 2.45) is 11.0 Å². The summed E-state index contributed by atoms with van der Waals surface area (Å²) in [5, 5.41) is 7.37. The monoisotopic (exact) mass is 443 g/mol. The molecule has 0 radical (unpaired) electrons. The first kappa shape index (κ1) is 28.1. The van der Waals surface area contributed by atoms with Crippen LogP contribution >= 0.6 is 0 Å². The van der Waals surface area contributed by atoms with E-state index < -0.39 is 6.17 Å². The second-order valence-electron chi connectivity index (χ2n) is 8.96. The number of hydrogen-bond donors (Lipinski definition) is 0. The molecule has 4 heteroatoms. The molecule has 0 N–H and O–H groups in total. The smallest absolute Gasteiger partial charge is 0.116 e. The number of hydrogen-bond acceptors (Lipinski definition) is 3. The Labute approximate surface area is 197 Å². The van der Waals surface area contributed by atoms with E-state index in [-0.39, 0.29) is 12.1 Å². The van der Waals surface area contributed by atoms with Crippen LogP contribution in [-0.2, 0) is 6.54 Å². The lowest BCUT2D eigenvalue weighted by Crippen LogP contribution is -2.38. The lowest BCUT2D eigenvalue weighted by molar-refractivity contribution is 0.192. The first-order chi connectivity index (χ1) is 15.2. The van der Waals surface area contributed by atoms with Crippen LogP contribution in [0.25, 0.3) is 0 Å². The van der Waals surface area contributed by atoms with Gasteiger partial charge in [0.2, 0.25) is 0 Å². The summed E-state index contributed by atoms with van der Waals surface area (Å²) in [6.45, 7) is 19.9. The molecule has 32 heavy (non-hydrogen) atoms. The molecule has 0 aromatic heterocycles. The van der Waals surface area contributed by atoms with Gasteiger partial charge in [0, 0.05) is 30.8 Å². The van der Waals surface area contributed by atoms with E-state index in [4.69, 9.17) is 5.10 Å². The van der Waals surface area contributed by atoms with Crippen molar-refractivity contribution in [1.82, 2.24) is 9.91 Å². The Morgan fingerprint density at radius 3 is 2.19 bits per heavy atom. The zero-order valence-corrected chi connectivity index (χ0v) is 21.7. The van der Waals surface area contributed by atoms with E-state index in [1.807, 2.05) is 6.08 Å². The molecule has 0 spiro atoms. The summed E-state index contributed by atoms with van der Waals surface area (Å²) < 4.78 is 13.4. The van der Waals surface area contributed by atoms with Gasteiger partial charge in [-0.25, -0.2) is 4.39 Å². The Morgan fingerprint density at radius 1 is 1.03 bits per heavy atom. The molecular weight excluding hydrogens is 397 g/mol. The molecule has 1 rings (SSSR count). The van der Waals surface area contributed by atoms with Gasteiger partial charge in [0.05, 0.1) is 6.04 Å². The second kappa shape index (κ2) is 15.0. The Kier molecular flexibility index (Phi) is 13.2. The Bertz CT molecular complexity index is 721. The fourth-order valence-corrected chi connectivity index (χ4v) is 3.97. The molecule has 0 aliphatic heterocycles. The molecule has 0 fully saturated rings. The van der Waals surface area contributed by atoms with E-state index in [0.29, 0.717) is 5.92 Å². The van der Waals surface area contributed by atoms with Gasteiger partial charge in [-0.3, -0.25) is 9.91 Å². The van der Waals surface area contributed by atoms with E-state index >= 15 is 0 Å². The highest BCUT2D eigenvalue weighted by Crippen LogP contribution is 2.20. The summed E-state index contributed by atoms with van der Waals surface area (Å²) in [4.78, 5) is 2.49. The van der Waals surface area contributed by atoms with Crippen LogP contribution in [0.2, 0.25) is 0 Å². The zero-order valence-electron chi connectivity index (χ0n) is 21.7. The molecule has 0 amide bonds. The van der Waals surface area contributed by atoms with Crippen LogP contribution < -0.4 is 0 Å². The number of rotatable bonds is 14. The van der Waals surface area contributed by atoms with Crippen molar-refractivity contribution in [3.63, 3.8) is 0 Å². The first-order valence-electron chi connectivity index (χ1n) is 12.4. The molecule has 1 aromatic rings. The first-order valence-corrected chi connectivity index (χ1v) is 12.4. The number of allylic oxidation sites excluding steroid dienone is 2. The van der Waals surface area contributed by atoms with Gasteiger partial charge in [-0.05, 0) is 58.2 Å². The molecule has 0 heterocycles. The number of hydrazone groups is 1. The largest absolute Gasteiger partial charge is 0.299 e. The molecule has 0 aliphatic carbocycles. The standard InChI is InChI=1S/C28H46FN3/c1-9-15-27(19-18-24(7)29)25(8)32(22(4)5)30-28(10-2)23(6)20-31(11-3)21-26-16-13-12-14-17-26/h12-19,22-25H,9-11,20-21H2,1-8H3/b19-18-,27-15+,30-28+. The summed E-state index contributed by atoms with van der Waals surface area (Å²) in [5.41, 5.74) is 3.68. The summed E-state index contributed by atoms with van der Waals surface area (Å²) in [6.07, 6.45) is 6.63. The summed E-state index contributed by atoms with van der Waals surface area (Å²) in [6, 6.07) is 11.0. The molecule has 3 unspecified atom stereocenters. The van der Waals surface area contributed by atoms with Gasteiger partial charge in [0.15, 0.2) is 0 Å². The van der Waals surface area contributed by atoms with Gasteiger partial charge in [-0.2, -0.15) is 5.10 Å². The number of alkyl halides is 1. The third-order valence-corrected chi connectivity index (χ3v) is 5.81. The van der Waals surface area contributed by atoms with Crippen LogP contribution in [0.15, 0.2) is 59.2 Å². The van der Waals surface area contributed by atoms with Gasteiger partial charge >= 0.3 is 0 Å². The maximum absolute atomic E-state index is 13.4. The number of halogens is 1. The molecule has 0 saturated heterocycles. The van der Waals surface area contributed by atoms with E-state index in [1.165, 1.54) is 11.3 Å². The third-order valence-electron chi connectivity index (χ3n) is 5.81. The minimum absolute atomic E-state index is 0.0882. The Morgan fingerprint density at radius 2 is 1.69 bits per heavy atom. The number of nitrogens with zero attached hydrogens (tertiary/aromatic N) is 3. The quantitative estimate of drug-likeness (QED) is 0.171. The van der Waals surface area contributed by atoms with E-state index in [1.54, 1.807) is 13.0 Å². The summed E-state index contributed by atoms with van der Waals surface area (Å²) in [5.74, 6) is 0.358. The van der Waals surface area contributed by atoms with E-state index in [2.05, 4.69) is 94.8 Å². The fraction of sp³-hybridized carbons (Fsp3) is 0.607. The topological polar surface area (TPSA) is 18.8 Å². The predicted molar refractivity (Wildman–Crippen MR) is 139 cm³/mol. The summed E-state index contributed by atoms with van der Waals surface area (Å²) in [7, 11) is 0. The van der Waals surface area contributed by atoms with Crippen molar-refractivity contribution >= 4 is 5.71 Å². The highest BCUT2D eigenvalue weighted by Gasteiger charge is 2.21. The van der Waals surface area contributed by atoms with Gasteiger partial charge in [-0.1, -0.05) is 76.3 Å². The minimum Gasteiger partial charge on any atom is -0.299 e. The average Bonchev–Trinajstić information content (AvgIpc) is 2.76. The van der Waals surface area contributed by atoms with Crippen molar-refractivity contribution in [3.05, 3.63) is 59.7 Å². The highest BCUT2D eigenvalue weighted by atomic mass is 19.1.